The van der Waals surface area contributed by atoms with E-state index in [0.29, 0.717) is 18.2 Å². The van der Waals surface area contributed by atoms with Crippen LogP contribution in [0.25, 0.3) is 0 Å². The summed E-state index contributed by atoms with van der Waals surface area (Å²) in [5, 5.41) is 0. The first kappa shape index (κ1) is 24.7. The molecule has 0 spiro atoms. The molecule has 5 nitrogen and oxygen atoms in total. The number of hydrogen-bond donors (Lipinski definition) is 0. The van der Waals surface area contributed by atoms with Crippen molar-refractivity contribution in [3.63, 3.8) is 0 Å². The van der Waals surface area contributed by atoms with Crippen molar-refractivity contribution in [3.8, 4) is 0 Å². The Hall–Kier alpha value is -1.94. The second kappa shape index (κ2) is 9.91. The van der Waals surface area contributed by atoms with Gasteiger partial charge in [-0.15, -0.1) is 0 Å². The molecule has 2 fully saturated rings. The molecule has 4 rings (SSSR count). The van der Waals surface area contributed by atoms with Crippen LogP contribution in [0.1, 0.15) is 36.8 Å². The van der Waals surface area contributed by atoms with Crippen LogP contribution in [0.4, 0.5) is 13.2 Å². The van der Waals surface area contributed by atoms with E-state index < -0.39 is 15.6 Å². The van der Waals surface area contributed by atoms with Crippen molar-refractivity contribution < 1.29 is 35.4 Å². The van der Waals surface area contributed by atoms with E-state index >= 15 is 0 Å². The summed E-state index contributed by atoms with van der Waals surface area (Å²) in [4.78, 5) is 0. The molecule has 0 aromatic heterocycles. The molecule has 0 N–H and O–H groups in total. The number of rotatable bonds is 5. The Bertz CT molecular complexity index is 926. The monoisotopic (exact) mass is 471 g/mol. The van der Waals surface area contributed by atoms with Gasteiger partial charge in [-0.25, -0.2) is 8.42 Å². The van der Waals surface area contributed by atoms with Crippen LogP contribution in [0.3, 0.4) is 0 Å². The summed E-state index contributed by atoms with van der Waals surface area (Å²) in [6.07, 6.45) is 6.23. The molecule has 9 heteroatoms. The number of benzene rings is 2. The van der Waals surface area contributed by atoms with Gasteiger partial charge in [0.1, 0.15) is 25.2 Å². The number of epoxide rings is 1. The van der Waals surface area contributed by atoms with Gasteiger partial charge in [0.2, 0.25) is 0 Å². The van der Waals surface area contributed by atoms with E-state index in [1.165, 1.54) is 36.8 Å². The van der Waals surface area contributed by atoms with Crippen LogP contribution in [0.2, 0.25) is 0 Å². The predicted octanol–water partition coefficient (Wildman–Crippen LogP) is 4.59. The van der Waals surface area contributed by atoms with Crippen molar-refractivity contribution in [1.29, 1.82) is 0 Å². The molecule has 1 aliphatic heterocycles. The van der Waals surface area contributed by atoms with Crippen molar-refractivity contribution in [1.82, 2.24) is 0 Å². The van der Waals surface area contributed by atoms with Crippen LogP contribution in [-0.2, 0) is 27.9 Å². The number of halogens is 3. The van der Waals surface area contributed by atoms with Gasteiger partial charge in [0, 0.05) is 17.5 Å². The van der Waals surface area contributed by atoms with E-state index in [1.807, 2.05) is 0 Å². The molecule has 1 saturated carbocycles. The van der Waals surface area contributed by atoms with Gasteiger partial charge in [-0.2, -0.15) is 13.2 Å². The second-order valence-corrected chi connectivity index (χ2v) is 10.0. The van der Waals surface area contributed by atoms with Gasteiger partial charge < -0.3 is 13.8 Å². The van der Waals surface area contributed by atoms with Gasteiger partial charge in [-0.05, 0) is 12.8 Å². The molecular weight excluding hydrogens is 443 g/mol. The molecule has 0 radical (unpaired) electrons. The van der Waals surface area contributed by atoms with Crippen molar-refractivity contribution in [2.24, 2.45) is 0 Å². The summed E-state index contributed by atoms with van der Waals surface area (Å²) >= 11 is 0. The number of likely N-dealkylation sites (N-methyl/N-ethyl adjacent to an activating group) is 1. The first-order valence-corrected chi connectivity index (χ1v) is 12.0. The summed E-state index contributed by atoms with van der Waals surface area (Å²) in [6, 6.07) is 22.5. The van der Waals surface area contributed by atoms with Crippen LogP contribution in [0.15, 0.2) is 60.7 Å². The van der Waals surface area contributed by atoms with Gasteiger partial charge in [-0.3, -0.25) is 0 Å². The van der Waals surface area contributed by atoms with Gasteiger partial charge in [-0.1, -0.05) is 67.1 Å². The summed E-state index contributed by atoms with van der Waals surface area (Å²) in [6.45, 7) is 2.15. The molecule has 0 unspecified atom stereocenters. The number of hydrogen-bond acceptors (Lipinski definition) is 4. The first-order valence-electron chi connectivity index (χ1n) is 10.6. The topological polar surface area (TPSA) is 69.7 Å². The lowest BCUT2D eigenvalue weighted by atomic mass is 10.0. The quantitative estimate of drug-likeness (QED) is 0.277. The molecule has 1 saturated heterocycles. The molecule has 3 atom stereocenters. The number of ether oxygens (including phenoxy) is 1. The third-order valence-electron chi connectivity index (χ3n) is 6.10. The SMILES string of the molecule is C[N+](Cc1ccccc1)(Cc1ccccc1)[C@@H]1CCCC[C@H]2O[C@@H]12.O=S(=O)([O-])C(F)(F)F. The van der Waals surface area contributed by atoms with E-state index in [-0.39, 0.29) is 0 Å². The molecular formula is C23H28F3NO4S. The molecule has 2 aromatic carbocycles. The molecule has 2 aromatic rings. The number of quaternary nitrogens is 1. The molecule has 32 heavy (non-hydrogen) atoms. The smallest absolute Gasteiger partial charge is 0.485 e. The third-order valence-corrected chi connectivity index (χ3v) is 6.66. The molecule has 176 valence electrons. The largest absolute Gasteiger partial charge is 0.741 e. The fourth-order valence-electron chi connectivity index (χ4n) is 4.55. The van der Waals surface area contributed by atoms with E-state index in [1.54, 1.807) is 0 Å². The maximum atomic E-state index is 10.7. The minimum Gasteiger partial charge on any atom is -0.741 e. The number of nitrogens with zero attached hydrogens (tertiary/aromatic N) is 1. The Morgan fingerprint density at radius 2 is 1.38 bits per heavy atom. The summed E-state index contributed by atoms with van der Waals surface area (Å²) < 4.78 is 66.0. The summed E-state index contributed by atoms with van der Waals surface area (Å²) in [5.74, 6) is 0. The zero-order valence-electron chi connectivity index (χ0n) is 17.9. The van der Waals surface area contributed by atoms with Crippen LogP contribution < -0.4 is 0 Å². The lowest BCUT2D eigenvalue weighted by Crippen LogP contribution is -2.53. The van der Waals surface area contributed by atoms with E-state index in [9.17, 15) is 13.2 Å². The number of fused-ring (bicyclic) bond motifs is 1. The average molecular weight is 472 g/mol. The fraction of sp³-hybridized carbons (Fsp3) is 0.478. The Balaban J connectivity index is 0.000000312. The molecule has 1 aliphatic carbocycles. The minimum absolute atomic E-state index is 0.477. The van der Waals surface area contributed by atoms with Crippen LogP contribution in [0.5, 0.6) is 0 Å². The Morgan fingerprint density at radius 3 is 1.81 bits per heavy atom. The average Bonchev–Trinajstić information content (AvgIpc) is 3.48. The zero-order valence-corrected chi connectivity index (χ0v) is 18.7. The maximum absolute atomic E-state index is 10.7. The number of alkyl halides is 3. The van der Waals surface area contributed by atoms with Gasteiger partial charge in [0.25, 0.3) is 0 Å². The highest BCUT2D eigenvalue weighted by Crippen LogP contribution is 2.41. The standard InChI is InChI=1S/C22H28NO.CHF3O3S/c1-23(16-18-10-4-2-5-11-18,17-19-12-6-3-7-13-19)20-14-8-9-15-21-22(20)24-21;2-1(3,4)8(5,6)7/h2-7,10-13,20-22H,8-9,14-17H2,1H3;(H,5,6,7)/q+1;/p-1/t20-,21-,22+;/m1./s1. The lowest BCUT2D eigenvalue weighted by molar-refractivity contribution is -0.959. The van der Waals surface area contributed by atoms with Gasteiger partial charge >= 0.3 is 5.51 Å². The van der Waals surface area contributed by atoms with E-state index in [4.69, 9.17) is 17.7 Å². The Kier molecular flexibility index (Phi) is 7.65. The normalized spacial score (nSPS) is 23.3. The molecule has 0 amide bonds. The van der Waals surface area contributed by atoms with E-state index in [2.05, 4.69) is 67.7 Å². The van der Waals surface area contributed by atoms with Crippen molar-refractivity contribution in [3.05, 3.63) is 71.8 Å². The van der Waals surface area contributed by atoms with Crippen molar-refractivity contribution >= 4 is 10.1 Å². The first-order chi connectivity index (χ1) is 15.0. The highest BCUT2D eigenvalue weighted by molar-refractivity contribution is 7.86. The fourth-order valence-corrected chi connectivity index (χ4v) is 4.55. The molecule has 1 heterocycles. The van der Waals surface area contributed by atoms with Crippen LogP contribution in [-0.4, -0.2) is 48.3 Å². The molecule has 2 aliphatic rings. The highest BCUT2D eigenvalue weighted by atomic mass is 32.2. The summed E-state index contributed by atoms with van der Waals surface area (Å²) in [7, 11) is -3.65. The predicted molar refractivity (Wildman–Crippen MR) is 113 cm³/mol. The third kappa shape index (κ3) is 6.54. The van der Waals surface area contributed by atoms with E-state index in [0.717, 1.165) is 17.6 Å². The minimum atomic E-state index is -6.09. The Labute approximate surface area is 187 Å². The second-order valence-electron chi connectivity index (χ2n) is 8.66. The van der Waals surface area contributed by atoms with Crippen LogP contribution >= 0.6 is 0 Å². The van der Waals surface area contributed by atoms with Gasteiger partial charge in [0.05, 0.1) is 13.2 Å². The van der Waals surface area contributed by atoms with Crippen LogP contribution in [0, 0.1) is 0 Å². The lowest BCUT2D eigenvalue weighted by Gasteiger charge is -2.41. The Morgan fingerprint density at radius 1 is 0.938 bits per heavy atom. The maximum Gasteiger partial charge on any atom is 0.485 e. The van der Waals surface area contributed by atoms with Gasteiger partial charge in [0.15, 0.2) is 10.1 Å². The molecule has 0 bridgehead atoms. The van der Waals surface area contributed by atoms with Crippen molar-refractivity contribution in [2.75, 3.05) is 7.05 Å². The summed E-state index contributed by atoms with van der Waals surface area (Å²) in [5.41, 5.74) is -2.79. The van der Waals surface area contributed by atoms with Crippen molar-refractivity contribution in [2.45, 2.75) is 62.5 Å². The highest BCUT2D eigenvalue weighted by Gasteiger charge is 2.53. The zero-order chi connectivity index (χ0) is 23.4.